The minimum Gasteiger partial charge on any atom is -0.462 e. The molecule has 2 aromatic heterocycles. The van der Waals surface area contributed by atoms with Crippen LogP contribution in [0.2, 0.25) is 0 Å². The van der Waals surface area contributed by atoms with Gasteiger partial charge in [-0.05, 0) is 6.92 Å². The average Bonchev–Trinajstić information content (AvgIpc) is 2.74. The molecule has 0 aliphatic heterocycles. The first-order valence-electron chi connectivity index (χ1n) is 6.16. The number of carbonyl (C=O) groups is 1. The number of carbonyl (C=O) groups excluding carboxylic acids is 1. The van der Waals surface area contributed by atoms with Crippen LogP contribution in [0.3, 0.4) is 0 Å². The fourth-order valence-corrected chi connectivity index (χ4v) is 1.68. The van der Waals surface area contributed by atoms with E-state index >= 15 is 0 Å². The van der Waals surface area contributed by atoms with Crippen molar-refractivity contribution in [1.82, 2.24) is 14.6 Å². The summed E-state index contributed by atoms with van der Waals surface area (Å²) in [5, 5.41) is 4.41. The number of ether oxygens (including phenoxy) is 1. The summed E-state index contributed by atoms with van der Waals surface area (Å²) in [6.45, 7) is 8.19. The lowest BCUT2D eigenvalue weighted by Gasteiger charge is -2.13. The number of nitrogen functional groups attached to an aromatic ring is 1. The second-order valence-corrected chi connectivity index (χ2v) is 5.33. The number of aromatic nitrogens is 3. The number of nitrogens with two attached hydrogens (primary N) is 1. The largest absolute Gasteiger partial charge is 0.462 e. The molecule has 102 valence electrons. The predicted octanol–water partition coefficient (Wildman–Crippen LogP) is 1.79. The summed E-state index contributed by atoms with van der Waals surface area (Å²) in [6.07, 6.45) is 1.43. The Balaban J connectivity index is 2.56. The van der Waals surface area contributed by atoms with Crippen molar-refractivity contribution in [1.29, 1.82) is 0 Å². The zero-order valence-corrected chi connectivity index (χ0v) is 11.6. The Labute approximate surface area is 111 Å². The second-order valence-electron chi connectivity index (χ2n) is 5.33. The molecule has 2 rings (SSSR count). The minimum atomic E-state index is -0.484. The second kappa shape index (κ2) is 4.53. The average molecular weight is 262 g/mol. The molecule has 0 aliphatic carbocycles. The van der Waals surface area contributed by atoms with Gasteiger partial charge in [-0.15, -0.1) is 0 Å². The van der Waals surface area contributed by atoms with Gasteiger partial charge in [-0.25, -0.2) is 9.78 Å². The van der Waals surface area contributed by atoms with Crippen LogP contribution in [0.1, 0.15) is 43.7 Å². The van der Waals surface area contributed by atoms with Gasteiger partial charge in [-0.3, -0.25) is 0 Å². The highest BCUT2D eigenvalue weighted by atomic mass is 16.5. The van der Waals surface area contributed by atoms with Crippen LogP contribution in [-0.4, -0.2) is 27.2 Å². The van der Waals surface area contributed by atoms with Gasteiger partial charge in [0.1, 0.15) is 11.4 Å². The zero-order chi connectivity index (χ0) is 14.2. The van der Waals surface area contributed by atoms with Crippen LogP contribution in [-0.2, 0) is 10.2 Å². The number of anilines is 1. The van der Waals surface area contributed by atoms with Crippen LogP contribution in [0.15, 0.2) is 12.3 Å². The quantitative estimate of drug-likeness (QED) is 0.834. The molecule has 0 atom stereocenters. The smallest absolute Gasteiger partial charge is 0.343 e. The Morgan fingerprint density at radius 3 is 2.74 bits per heavy atom. The monoisotopic (exact) mass is 262 g/mol. The van der Waals surface area contributed by atoms with Crippen molar-refractivity contribution < 1.29 is 9.53 Å². The molecule has 2 N–H and O–H groups in total. The number of hydrogen-bond donors (Lipinski definition) is 1. The van der Waals surface area contributed by atoms with E-state index in [-0.39, 0.29) is 16.8 Å². The molecule has 0 amide bonds. The molecule has 2 heterocycles. The molecule has 0 unspecified atom stereocenters. The number of rotatable bonds is 2. The Bertz CT molecular complexity index is 625. The van der Waals surface area contributed by atoms with E-state index in [1.165, 1.54) is 10.7 Å². The van der Waals surface area contributed by atoms with E-state index in [4.69, 9.17) is 10.5 Å². The first-order chi connectivity index (χ1) is 8.84. The van der Waals surface area contributed by atoms with Gasteiger partial charge in [-0.2, -0.15) is 9.61 Å². The van der Waals surface area contributed by atoms with E-state index in [9.17, 15) is 4.79 Å². The third-order valence-electron chi connectivity index (χ3n) is 2.78. The normalized spacial score (nSPS) is 11.8. The predicted molar refractivity (Wildman–Crippen MR) is 72.1 cm³/mol. The summed E-state index contributed by atoms with van der Waals surface area (Å²) in [5.41, 5.74) is 7.58. The summed E-state index contributed by atoms with van der Waals surface area (Å²) in [5.74, 6) is -0.235. The number of esters is 1. The van der Waals surface area contributed by atoms with Crippen LogP contribution in [0.5, 0.6) is 0 Å². The summed E-state index contributed by atoms with van der Waals surface area (Å²) in [4.78, 5) is 15.9. The highest BCUT2D eigenvalue weighted by Crippen LogP contribution is 2.23. The van der Waals surface area contributed by atoms with Gasteiger partial charge in [-0.1, -0.05) is 20.8 Å². The molecular weight excluding hydrogens is 244 g/mol. The van der Waals surface area contributed by atoms with E-state index in [1.807, 2.05) is 6.07 Å². The van der Waals surface area contributed by atoms with Crippen molar-refractivity contribution in [3.8, 4) is 0 Å². The van der Waals surface area contributed by atoms with E-state index in [1.54, 1.807) is 6.92 Å². The zero-order valence-electron chi connectivity index (χ0n) is 11.6. The maximum Gasteiger partial charge on any atom is 0.343 e. The SMILES string of the molecule is CCOC(=O)c1cnc2cc(C(C)(C)C)nn2c1N. The Kier molecular flexibility index (Phi) is 3.18. The van der Waals surface area contributed by atoms with Gasteiger partial charge in [0, 0.05) is 17.7 Å². The third kappa shape index (κ3) is 2.38. The molecule has 6 nitrogen and oxygen atoms in total. The molecule has 0 bridgehead atoms. The fraction of sp³-hybridized carbons (Fsp3) is 0.462. The van der Waals surface area contributed by atoms with Crippen molar-refractivity contribution in [2.24, 2.45) is 0 Å². The maximum absolute atomic E-state index is 11.7. The number of hydrogen-bond acceptors (Lipinski definition) is 5. The molecule has 0 aliphatic rings. The molecule has 0 spiro atoms. The van der Waals surface area contributed by atoms with E-state index in [0.717, 1.165) is 5.69 Å². The molecule has 0 saturated heterocycles. The first-order valence-corrected chi connectivity index (χ1v) is 6.16. The molecule has 0 aromatic carbocycles. The standard InChI is InChI=1S/C13H18N4O2/c1-5-19-12(18)8-7-15-10-6-9(13(2,3)4)16-17(10)11(8)14/h6-7H,5,14H2,1-4H3. The molecule has 19 heavy (non-hydrogen) atoms. The molecular formula is C13H18N4O2. The third-order valence-corrected chi connectivity index (χ3v) is 2.78. The van der Waals surface area contributed by atoms with Gasteiger partial charge in [0.2, 0.25) is 0 Å². The Morgan fingerprint density at radius 1 is 1.47 bits per heavy atom. The van der Waals surface area contributed by atoms with Crippen LogP contribution in [0.4, 0.5) is 5.82 Å². The highest BCUT2D eigenvalue weighted by molar-refractivity contribution is 5.94. The lowest BCUT2D eigenvalue weighted by Crippen LogP contribution is -2.14. The van der Waals surface area contributed by atoms with Crippen molar-refractivity contribution in [2.45, 2.75) is 33.1 Å². The molecule has 2 aromatic rings. The highest BCUT2D eigenvalue weighted by Gasteiger charge is 2.21. The van der Waals surface area contributed by atoms with E-state index in [2.05, 4.69) is 30.9 Å². The first kappa shape index (κ1) is 13.3. The minimum absolute atomic E-state index is 0.107. The van der Waals surface area contributed by atoms with E-state index in [0.29, 0.717) is 12.3 Å². The number of fused-ring (bicyclic) bond motifs is 1. The number of nitrogens with zero attached hydrogens (tertiary/aromatic N) is 3. The van der Waals surface area contributed by atoms with E-state index < -0.39 is 5.97 Å². The lowest BCUT2D eigenvalue weighted by atomic mass is 9.93. The van der Waals surface area contributed by atoms with Crippen molar-refractivity contribution in [3.63, 3.8) is 0 Å². The van der Waals surface area contributed by atoms with Crippen molar-refractivity contribution >= 4 is 17.4 Å². The van der Waals surface area contributed by atoms with Crippen LogP contribution in [0.25, 0.3) is 5.65 Å². The van der Waals surface area contributed by atoms with Gasteiger partial charge < -0.3 is 10.5 Å². The fourth-order valence-electron chi connectivity index (χ4n) is 1.68. The van der Waals surface area contributed by atoms with Crippen molar-refractivity contribution in [2.75, 3.05) is 12.3 Å². The summed E-state index contributed by atoms with van der Waals surface area (Å²) >= 11 is 0. The van der Waals surface area contributed by atoms with Crippen LogP contribution in [0, 0.1) is 0 Å². The Hall–Kier alpha value is -2.11. The summed E-state index contributed by atoms with van der Waals surface area (Å²) in [7, 11) is 0. The lowest BCUT2D eigenvalue weighted by molar-refractivity contribution is 0.0526. The summed E-state index contributed by atoms with van der Waals surface area (Å²) in [6, 6.07) is 1.87. The topological polar surface area (TPSA) is 82.5 Å². The molecule has 6 heteroatoms. The van der Waals surface area contributed by atoms with Gasteiger partial charge in [0.15, 0.2) is 5.65 Å². The van der Waals surface area contributed by atoms with Crippen LogP contribution >= 0.6 is 0 Å². The Morgan fingerprint density at radius 2 is 2.16 bits per heavy atom. The van der Waals surface area contributed by atoms with Crippen LogP contribution < -0.4 is 5.73 Å². The van der Waals surface area contributed by atoms with Gasteiger partial charge in [0.25, 0.3) is 0 Å². The van der Waals surface area contributed by atoms with Crippen molar-refractivity contribution in [3.05, 3.63) is 23.5 Å². The van der Waals surface area contributed by atoms with Gasteiger partial charge in [0.05, 0.1) is 12.3 Å². The summed E-state index contributed by atoms with van der Waals surface area (Å²) < 4.78 is 6.41. The molecule has 0 saturated carbocycles. The molecule has 0 fully saturated rings. The molecule has 0 radical (unpaired) electrons. The maximum atomic E-state index is 11.7. The van der Waals surface area contributed by atoms with Gasteiger partial charge >= 0.3 is 5.97 Å².